The highest BCUT2D eigenvalue weighted by atomic mass is 16.5. The van der Waals surface area contributed by atoms with Gasteiger partial charge in [0.1, 0.15) is 12.3 Å². The predicted octanol–water partition coefficient (Wildman–Crippen LogP) is 3.77. The van der Waals surface area contributed by atoms with E-state index in [1.165, 1.54) is 4.57 Å². The minimum absolute atomic E-state index is 0.0495. The van der Waals surface area contributed by atoms with Crippen LogP contribution >= 0.6 is 0 Å². The number of fused-ring (bicyclic) bond motifs is 2. The highest BCUT2D eigenvalue weighted by Crippen LogP contribution is 2.31. The lowest BCUT2D eigenvalue weighted by atomic mass is 9.91. The molecule has 3 aromatic carbocycles. The van der Waals surface area contributed by atoms with Crippen LogP contribution in [0.4, 0.5) is 0 Å². The van der Waals surface area contributed by atoms with Crippen LogP contribution in [0, 0.1) is 0 Å². The number of amides is 1. The number of carbonyl (C=O) groups is 1. The molecule has 0 radical (unpaired) electrons. The quantitative estimate of drug-likeness (QED) is 0.360. The Labute approximate surface area is 190 Å². The molecule has 5 aromatic rings. The molecule has 1 amide bonds. The van der Waals surface area contributed by atoms with Gasteiger partial charge in [-0.05, 0) is 41.5 Å². The van der Waals surface area contributed by atoms with E-state index in [0.717, 1.165) is 27.8 Å². The zero-order chi connectivity index (χ0) is 22.8. The van der Waals surface area contributed by atoms with Crippen molar-refractivity contribution in [1.82, 2.24) is 19.9 Å². The minimum atomic E-state index is -0.297. The highest BCUT2D eigenvalue weighted by Gasteiger charge is 2.20. The average molecular weight is 441 g/mol. The van der Waals surface area contributed by atoms with E-state index in [1.807, 2.05) is 72.9 Å². The molecule has 166 valence electrons. The number of imidazole rings is 1. The van der Waals surface area contributed by atoms with Gasteiger partial charge in [-0.3, -0.25) is 9.36 Å². The van der Waals surface area contributed by atoms with Crippen molar-refractivity contribution in [1.29, 1.82) is 0 Å². The van der Waals surface area contributed by atoms with Crippen molar-refractivity contribution >= 4 is 27.8 Å². The molecule has 3 N–H and O–H groups in total. The second-order valence-corrected chi connectivity index (χ2v) is 7.95. The van der Waals surface area contributed by atoms with Crippen LogP contribution in [-0.2, 0) is 11.3 Å². The molecule has 5 rings (SSSR count). The van der Waals surface area contributed by atoms with E-state index in [4.69, 9.17) is 4.74 Å². The van der Waals surface area contributed by atoms with Gasteiger partial charge in [0.15, 0.2) is 0 Å². The van der Waals surface area contributed by atoms with Gasteiger partial charge < -0.3 is 20.0 Å². The molecule has 2 aromatic heterocycles. The number of nitrogens with one attached hydrogen (secondary N) is 3. The molecular weight excluding hydrogens is 416 g/mol. The normalized spacial score (nSPS) is 12.2. The van der Waals surface area contributed by atoms with Crippen LogP contribution in [0.3, 0.4) is 0 Å². The number of hydrogen-bond donors (Lipinski definition) is 3. The molecular formula is C26H24N4O3. The van der Waals surface area contributed by atoms with Crippen LogP contribution in [0.5, 0.6) is 5.75 Å². The molecule has 1 unspecified atom stereocenters. The number of H-pyrrole nitrogens is 2. The Hall–Kier alpha value is -4.26. The zero-order valence-electron chi connectivity index (χ0n) is 18.2. The number of methoxy groups -OCH3 is 1. The maximum absolute atomic E-state index is 12.9. The first-order valence-corrected chi connectivity index (χ1v) is 10.8. The number of aromatic nitrogens is 3. The second-order valence-electron chi connectivity index (χ2n) is 7.95. The fourth-order valence-corrected chi connectivity index (χ4v) is 4.31. The summed E-state index contributed by atoms with van der Waals surface area (Å²) in [4.78, 5) is 31.3. The number of para-hydroxylation sites is 3. The lowest BCUT2D eigenvalue weighted by Crippen LogP contribution is -2.34. The molecule has 7 heteroatoms. The van der Waals surface area contributed by atoms with E-state index >= 15 is 0 Å². The first kappa shape index (κ1) is 20.6. The Morgan fingerprint density at radius 1 is 1.00 bits per heavy atom. The Bertz CT molecular complexity index is 1480. The Balaban J connectivity index is 1.41. The van der Waals surface area contributed by atoms with Crippen molar-refractivity contribution in [2.75, 3.05) is 13.7 Å². The maximum Gasteiger partial charge on any atom is 0.326 e. The molecule has 0 fully saturated rings. The summed E-state index contributed by atoms with van der Waals surface area (Å²) in [7, 11) is 1.64. The largest absolute Gasteiger partial charge is 0.497 e. The molecule has 0 aliphatic carbocycles. The van der Waals surface area contributed by atoms with Crippen LogP contribution in [-0.4, -0.2) is 34.1 Å². The van der Waals surface area contributed by atoms with Crippen LogP contribution in [0.2, 0.25) is 0 Å². The summed E-state index contributed by atoms with van der Waals surface area (Å²) in [6.07, 6.45) is 2.00. The zero-order valence-corrected chi connectivity index (χ0v) is 18.2. The van der Waals surface area contributed by atoms with Gasteiger partial charge in [0.05, 0.1) is 18.1 Å². The molecule has 1 atom stereocenters. The van der Waals surface area contributed by atoms with Crippen molar-refractivity contribution in [2.24, 2.45) is 0 Å². The molecule has 0 saturated heterocycles. The predicted molar refractivity (Wildman–Crippen MR) is 129 cm³/mol. The Kier molecular flexibility index (Phi) is 5.44. The van der Waals surface area contributed by atoms with Crippen molar-refractivity contribution in [3.63, 3.8) is 0 Å². The summed E-state index contributed by atoms with van der Waals surface area (Å²) >= 11 is 0. The van der Waals surface area contributed by atoms with E-state index < -0.39 is 0 Å². The van der Waals surface area contributed by atoms with Gasteiger partial charge in [0, 0.05) is 29.6 Å². The monoisotopic (exact) mass is 440 g/mol. The number of hydrogen-bond acceptors (Lipinski definition) is 3. The first-order valence-electron chi connectivity index (χ1n) is 10.8. The second kappa shape index (κ2) is 8.70. The fourth-order valence-electron chi connectivity index (χ4n) is 4.31. The Morgan fingerprint density at radius 2 is 1.73 bits per heavy atom. The number of ether oxygens (including phenoxy) is 1. The van der Waals surface area contributed by atoms with Crippen molar-refractivity contribution < 1.29 is 9.53 Å². The third kappa shape index (κ3) is 4.01. The highest BCUT2D eigenvalue weighted by molar-refractivity contribution is 5.84. The number of rotatable bonds is 7. The molecule has 33 heavy (non-hydrogen) atoms. The van der Waals surface area contributed by atoms with E-state index in [1.54, 1.807) is 7.11 Å². The lowest BCUT2D eigenvalue weighted by Gasteiger charge is -2.19. The number of aromatic amines is 2. The van der Waals surface area contributed by atoms with Gasteiger partial charge >= 0.3 is 5.69 Å². The summed E-state index contributed by atoms with van der Waals surface area (Å²) in [6, 6.07) is 23.3. The number of carbonyl (C=O) groups excluding carboxylic acids is 1. The standard InChI is InChI=1S/C26H24N4O3/c1-33-18-12-10-17(11-13-18)20(21-15-27-22-7-3-2-6-19(21)22)14-28-25(31)16-30-24-9-5-4-8-23(24)29-26(30)32/h2-13,15,20,27H,14,16H2,1H3,(H,28,31)(H,29,32). The van der Waals surface area contributed by atoms with E-state index in [0.29, 0.717) is 17.6 Å². The topological polar surface area (TPSA) is 91.9 Å². The van der Waals surface area contributed by atoms with E-state index in [9.17, 15) is 9.59 Å². The minimum Gasteiger partial charge on any atom is -0.497 e. The van der Waals surface area contributed by atoms with Crippen molar-refractivity contribution in [3.05, 3.63) is 101 Å². The Morgan fingerprint density at radius 3 is 2.52 bits per heavy atom. The average Bonchev–Trinajstić information content (AvgIpc) is 3.41. The summed E-state index contributed by atoms with van der Waals surface area (Å²) < 4.78 is 6.76. The molecule has 0 aliphatic heterocycles. The van der Waals surface area contributed by atoms with Gasteiger partial charge in [0.25, 0.3) is 0 Å². The van der Waals surface area contributed by atoms with E-state index in [2.05, 4.69) is 21.4 Å². The van der Waals surface area contributed by atoms with Crippen LogP contribution in [0.1, 0.15) is 17.0 Å². The van der Waals surface area contributed by atoms with Gasteiger partial charge in [-0.25, -0.2) is 4.79 Å². The first-order chi connectivity index (χ1) is 16.1. The summed E-state index contributed by atoms with van der Waals surface area (Å²) in [5.41, 5.74) is 4.33. The molecule has 0 bridgehead atoms. The number of benzene rings is 3. The molecule has 0 spiro atoms. The summed E-state index contributed by atoms with van der Waals surface area (Å²) in [6.45, 7) is 0.343. The summed E-state index contributed by atoms with van der Waals surface area (Å²) in [5.74, 6) is 0.482. The molecule has 0 aliphatic rings. The van der Waals surface area contributed by atoms with Gasteiger partial charge in [-0.2, -0.15) is 0 Å². The fraction of sp³-hybridized carbons (Fsp3) is 0.154. The summed E-state index contributed by atoms with van der Waals surface area (Å²) in [5, 5.41) is 4.15. The van der Waals surface area contributed by atoms with E-state index in [-0.39, 0.29) is 24.1 Å². The van der Waals surface area contributed by atoms with Crippen LogP contribution < -0.4 is 15.7 Å². The van der Waals surface area contributed by atoms with Crippen molar-refractivity contribution in [2.45, 2.75) is 12.5 Å². The SMILES string of the molecule is COc1ccc(C(CNC(=O)Cn2c(=O)[nH]c3ccccc32)c2c[nH]c3ccccc23)cc1. The third-order valence-corrected chi connectivity index (χ3v) is 6.00. The molecule has 2 heterocycles. The smallest absolute Gasteiger partial charge is 0.326 e. The molecule has 7 nitrogen and oxygen atoms in total. The molecule has 0 saturated carbocycles. The lowest BCUT2D eigenvalue weighted by molar-refractivity contribution is -0.121. The van der Waals surface area contributed by atoms with Gasteiger partial charge in [-0.1, -0.05) is 42.5 Å². The van der Waals surface area contributed by atoms with Gasteiger partial charge in [-0.15, -0.1) is 0 Å². The number of nitrogens with zero attached hydrogens (tertiary/aromatic N) is 1. The van der Waals surface area contributed by atoms with Crippen molar-refractivity contribution in [3.8, 4) is 5.75 Å². The third-order valence-electron chi connectivity index (χ3n) is 6.00. The van der Waals surface area contributed by atoms with Gasteiger partial charge in [0.2, 0.25) is 5.91 Å². The van der Waals surface area contributed by atoms with Crippen LogP contribution in [0.25, 0.3) is 21.9 Å². The maximum atomic E-state index is 12.9. The van der Waals surface area contributed by atoms with Crippen LogP contribution in [0.15, 0.2) is 83.8 Å².